The van der Waals surface area contributed by atoms with Crippen molar-refractivity contribution in [3.8, 4) is 5.75 Å². The first-order valence-electron chi connectivity index (χ1n) is 8.01. The third kappa shape index (κ3) is 6.01. The minimum atomic E-state index is -0.486. The van der Waals surface area contributed by atoms with Crippen LogP contribution in [-0.4, -0.2) is 31.3 Å². The van der Waals surface area contributed by atoms with Gasteiger partial charge in [-0.3, -0.25) is 4.79 Å². The van der Waals surface area contributed by atoms with E-state index in [4.69, 9.17) is 15.2 Å². The Labute approximate surface area is 144 Å². The normalized spacial score (nSPS) is 19.5. The summed E-state index contributed by atoms with van der Waals surface area (Å²) in [6.07, 6.45) is 3.25. The highest BCUT2D eigenvalue weighted by molar-refractivity contribution is 5.94. The third-order valence-corrected chi connectivity index (χ3v) is 4.14. The lowest BCUT2D eigenvalue weighted by Gasteiger charge is -2.18. The monoisotopic (exact) mass is 342 g/mol. The van der Waals surface area contributed by atoms with Crippen molar-refractivity contribution in [1.29, 1.82) is 0 Å². The fourth-order valence-electron chi connectivity index (χ4n) is 2.34. The molecular weight excluding hydrogens is 316 g/mol. The maximum atomic E-state index is 12.0. The zero-order valence-electron chi connectivity index (χ0n) is 13.8. The minimum absolute atomic E-state index is 0. The van der Waals surface area contributed by atoms with Crippen molar-refractivity contribution >= 4 is 24.0 Å². The number of rotatable bonds is 7. The van der Waals surface area contributed by atoms with E-state index in [0.29, 0.717) is 6.61 Å². The molecule has 1 aromatic carbocycles. The fraction of sp³-hybridized carbons (Fsp3) is 0.588. The molecule has 1 fully saturated rings. The van der Waals surface area contributed by atoms with Gasteiger partial charge in [-0.1, -0.05) is 20.3 Å². The van der Waals surface area contributed by atoms with Crippen LogP contribution in [0.5, 0.6) is 5.75 Å². The van der Waals surface area contributed by atoms with Gasteiger partial charge in [0.2, 0.25) is 5.91 Å². The smallest absolute Gasteiger partial charge is 0.241 e. The molecule has 1 saturated heterocycles. The van der Waals surface area contributed by atoms with Gasteiger partial charge in [0.15, 0.2) is 0 Å². The number of carbonyl (C=O) groups excluding carboxylic acids is 1. The van der Waals surface area contributed by atoms with Gasteiger partial charge < -0.3 is 20.5 Å². The van der Waals surface area contributed by atoms with Crippen LogP contribution in [0.15, 0.2) is 24.3 Å². The summed E-state index contributed by atoms with van der Waals surface area (Å²) in [6, 6.07) is 6.86. The average Bonchev–Trinajstić information content (AvgIpc) is 3.06. The van der Waals surface area contributed by atoms with Crippen LogP contribution in [0.3, 0.4) is 0 Å². The van der Waals surface area contributed by atoms with E-state index < -0.39 is 6.04 Å². The molecule has 0 bridgehead atoms. The lowest BCUT2D eigenvalue weighted by molar-refractivity contribution is -0.118. The van der Waals surface area contributed by atoms with E-state index in [1.165, 1.54) is 0 Å². The van der Waals surface area contributed by atoms with E-state index in [0.717, 1.165) is 37.3 Å². The van der Waals surface area contributed by atoms with Crippen LogP contribution in [0.4, 0.5) is 5.69 Å². The second-order valence-corrected chi connectivity index (χ2v) is 5.87. The molecule has 2 rings (SSSR count). The van der Waals surface area contributed by atoms with E-state index in [1.54, 1.807) is 0 Å². The minimum Gasteiger partial charge on any atom is -0.491 e. The van der Waals surface area contributed by atoms with E-state index in [2.05, 4.69) is 5.32 Å². The van der Waals surface area contributed by atoms with Crippen LogP contribution >= 0.6 is 12.4 Å². The predicted octanol–water partition coefficient (Wildman–Crippen LogP) is 2.98. The van der Waals surface area contributed by atoms with Crippen molar-refractivity contribution in [2.24, 2.45) is 11.7 Å². The molecule has 3 N–H and O–H groups in total. The first-order valence-corrected chi connectivity index (χ1v) is 8.01. The average molecular weight is 343 g/mol. The number of benzene rings is 1. The lowest BCUT2D eigenvalue weighted by Crippen LogP contribution is -2.40. The molecule has 0 aliphatic carbocycles. The lowest BCUT2D eigenvalue weighted by atomic mass is 9.99. The Morgan fingerprint density at radius 2 is 2.13 bits per heavy atom. The number of hydrogen-bond donors (Lipinski definition) is 2. The number of hydrogen-bond acceptors (Lipinski definition) is 4. The molecule has 0 saturated carbocycles. The van der Waals surface area contributed by atoms with Crippen LogP contribution < -0.4 is 15.8 Å². The van der Waals surface area contributed by atoms with Gasteiger partial charge in [-0.2, -0.15) is 0 Å². The van der Waals surface area contributed by atoms with Gasteiger partial charge >= 0.3 is 0 Å². The summed E-state index contributed by atoms with van der Waals surface area (Å²) < 4.78 is 11.2. The zero-order chi connectivity index (χ0) is 15.9. The Balaban J connectivity index is 0.00000264. The van der Waals surface area contributed by atoms with Crippen molar-refractivity contribution in [3.63, 3.8) is 0 Å². The van der Waals surface area contributed by atoms with Gasteiger partial charge in [0.25, 0.3) is 0 Å². The zero-order valence-corrected chi connectivity index (χ0v) is 14.6. The van der Waals surface area contributed by atoms with Crippen LogP contribution in [0, 0.1) is 5.92 Å². The number of amides is 1. The van der Waals surface area contributed by atoms with Gasteiger partial charge in [0, 0.05) is 12.3 Å². The summed E-state index contributed by atoms with van der Waals surface area (Å²) in [5.74, 6) is 0.788. The fourth-order valence-corrected chi connectivity index (χ4v) is 2.34. The molecule has 3 unspecified atom stereocenters. The quantitative estimate of drug-likeness (QED) is 0.799. The van der Waals surface area contributed by atoms with Gasteiger partial charge in [0.1, 0.15) is 12.4 Å². The highest BCUT2D eigenvalue weighted by Crippen LogP contribution is 2.19. The molecule has 1 amide bonds. The molecule has 1 heterocycles. The summed E-state index contributed by atoms with van der Waals surface area (Å²) in [5, 5.41) is 2.84. The second kappa shape index (κ2) is 9.75. The van der Waals surface area contributed by atoms with Crippen LogP contribution in [0.1, 0.15) is 33.1 Å². The highest BCUT2D eigenvalue weighted by atomic mass is 35.5. The van der Waals surface area contributed by atoms with Gasteiger partial charge in [-0.15, -0.1) is 12.4 Å². The molecule has 1 aliphatic rings. The number of nitrogens with two attached hydrogens (primary N) is 1. The Kier molecular flexibility index (Phi) is 8.37. The molecule has 3 atom stereocenters. The SMILES string of the molecule is CCC(C)C(N)C(=O)Nc1ccc(OCC2CCCO2)cc1.Cl. The van der Waals surface area contributed by atoms with E-state index in [1.807, 2.05) is 38.1 Å². The van der Waals surface area contributed by atoms with Crippen LogP contribution in [0.2, 0.25) is 0 Å². The number of nitrogens with one attached hydrogen (secondary N) is 1. The molecule has 23 heavy (non-hydrogen) atoms. The molecular formula is C17H27ClN2O3. The number of halogens is 1. The largest absolute Gasteiger partial charge is 0.491 e. The Morgan fingerprint density at radius 3 is 2.70 bits per heavy atom. The summed E-state index contributed by atoms with van der Waals surface area (Å²) in [7, 11) is 0. The summed E-state index contributed by atoms with van der Waals surface area (Å²) in [5.41, 5.74) is 6.65. The maximum absolute atomic E-state index is 12.0. The molecule has 0 radical (unpaired) electrons. The molecule has 6 heteroatoms. The van der Waals surface area contributed by atoms with E-state index in [-0.39, 0.29) is 30.3 Å². The maximum Gasteiger partial charge on any atom is 0.241 e. The van der Waals surface area contributed by atoms with Crippen molar-refractivity contribution < 1.29 is 14.3 Å². The van der Waals surface area contributed by atoms with Crippen molar-refractivity contribution in [1.82, 2.24) is 0 Å². The topological polar surface area (TPSA) is 73.6 Å². The Morgan fingerprint density at radius 1 is 1.43 bits per heavy atom. The van der Waals surface area contributed by atoms with Gasteiger partial charge in [-0.05, 0) is 43.0 Å². The summed E-state index contributed by atoms with van der Waals surface area (Å²) in [6.45, 7) is 5.41. The summed E-state index contributed by atoms with van der Waals surface area (Å²) >= 11 is 0. The number of ether oxygens (including phenoxy) is 2. The van der Waals surface area contributed by atoms with Crippen LogP contribution in [-0.2, 0) is 9.53 Å². The standard InChI is InChI=1S/C17H26N2O3.ClH/c1-3-12(2)16(18)17(20)19-13-6-8-14(9-7-13)22-11-15-5-4-10-21-15;/h6-9,12,15-16H,3-5,10-11,18H2,1-2H3,(H,19,20);1H. The second-order valence-electron chi connectivity index (χ2n) is 5.87. The molecule has 1 aromatic rings. The molecule has 5 nitrogen and oxygen atoms in total. The van der Waals surface area contributed by atoms with Gasteiger partial charge in [0.05, 0.1) is 12.1 Å². The summed E-state index contributed by atoms with van der Waals surface area (Å²) in [4.78, 5) is 12.0. The molecule has 0 spiro atoms. The van der Waals surface area contributed by atoms with E-state index in [9.17, 15) is 4.79 Å². The Bertz CT molecular complexity index is 475. The molecule has 0 aromatic heterocycles. The highest BCUT2D eigenvalue weighted by Gasteiger charge is 2.19. The van der Waals surface area contributed by atoms with E-state index >= 15 is 0 Å². The first-order chi connectivity index (χ1) is 10.6. The first kappa shape index (κ1) is 19.7. The van der Waals surface area contributed by atoms with Crippen molar-refractivity contribution in [2.75, 3.05) is 18.5 Å². The van der Waals surface area contributed by atoms with Crippen molar-refractivity contribution in [2.45, 2.75) is 45.3 Å². The number of anilines is 1. The predicted molar refractivity (Wildman–Crippen MR) is 94.2 cm³/mol. The third-order valence-electron chi connectivity index (χ3n) is 4.14. The van der Waals surface area contributed by atoms with Crippen molar-refractivity contribution in [3.05, 3.63) is 24.3 Å². The van der Waals surface area contributed by atoms with Crippen LogP contribution in [0.25, 0.3) is 0 Å². The van der Waals surface area contributed by atoms with Gasteiger partial charge in [-0.25, -0.2) is 0 Å². The number of carbonyl (C=O) groups is 1. The molecule has 1 aliphatic heterocycles. The Hall–Kier alpha value is -1.30. The molecule has 130 valence electrons.